The number of nitrogens with one attached hydrogen (secondary N) is 1. The Morgan fingerprint density at radius 1 is 0.527 bits per heavy atom. The largest absolute Gasteiger partial charge is 0.466 e. The van der Waals surface area contributed by atoms with E-state index in [-0.39, 0.29) is 18.5 Å². The van der Waals surface area contributed by atoms with Crippen molar-refractivity contribution in [3.63, 3.8) is 0 Å². The molecular weight excluding hydrogens is 931 g/mol. The molecule has 6 N–H and O–H groups in total. The zero-order valence-corrected chi connectivity index (χ0v) is 47.0. The van der Waals surface area contributed by atoms with Gasteiger partial charge in [-0.3, -0.25) is 9.59 Å². The lowest BCUT2D eigenvalue weighted by Gasteiger charge is -2.40. The van der Waals surface area contributed by atoms with Gasteiger partial charge in [-0.25, -0.2) is 0 Å². The fraction of sp³-hybridized carbons (Fsp3) is 0.778. The Bertz CT molecular complexity index is 1460. The van der Waals surface area contributed by atoms with E-state index in [9.17, 15) is 35.1 Å². The second kappa shape index (κ2) is 52.2. The molecule has 0 radical (unpaired) electrons. The molecule has 1 fully saturated rings. The summed E-state index contributed by atoms with van der Waals surface area (Å²) in [7, 11) is 0. The second-order valence-corrected chi connectivity index (χ2v) is 20.7. The van der Waals surface area contributed by atoms with E-state index in [2.05, 4.69) is 66.9 Å². The fourth-order valence-electron chi connectivity index (χ4n) is 9.03. The summed E-state index contributed by atoms with van der Waals surface area (Å²) < 4.78 is 16.7. The third-order valence-electron chi connectivity index (χ3n) is 13.8. The maximum Gasteiger partial charge on any atom is 0.305 e. The molecule has 0 bridgehead atoms. The summed E-state index contributed by atoms with van der Waals surface area (Å²) in [5, 5.41) is 54.1. The van der Waals surface area contributed by atoms with Gasteiger partial charge in [-0.15, -0.1) is 0 Å². The number of rotatable bonds is 51. The van der Waals surface area contributed by atoms with Gasteiger partial charge >= 0.3 is 5.97 Å². The third-order valence-corrected chi connectivity index (χ3v) is 13.8. The van der Waals surface area contributed by atoms with Crippen LogP contribution in [0.25, 0.3) is 0 Å². The summed E-state index contributed by atoms with van der Waals surface area (Å²) in [6.07, 6.45) is 58.9. The molecule has 11 heteroatoms. The Morgan fingerprint density at radius 2 is 0.973 bits per heavy atom. The molecule has 0 spiro atoms. The molecule has 11 nitrogen and oxygen atoms in total. The molecule has 1 heterocycles. The Balaban J connectivity index is 2.01. The average Bonchev–Trinajstić information content (AvgIpc) is 3.40. The minimum Gasteiger partial charge on any atom is -0.466 e. The van der Waals surface area contributed by atoms with E-state index in [1.165, 1.54) is 135 Å². The van der Waals surface area contributed by atoms with Gasteiger partial charge in [-0.05, 0) is 110 Å². The second-order valence-electron chi connectivity index (χ2n) is 20.7. The van der Waals surface area contributed by atoms with E-state index in [0.717, 1.165) is 83.5 Å². The van der Waals surface area contributed by atoms with Gasteiger partial charge in [0.1, 0.15) is 24.4 Å². The van der Waals surface area contributed by atoms with Gasteiger partial charge in [0.15, 0.2) is 6.29 Å². The molecule has 74 heavy (non-hydrogen) atoms. The topological polar surface area (TPSA) is 175 Å². The molecule has 0 saturated carbocycles. The summed E-state index contributed by atoms with van der Waals surface area (Å²) in [4.78, 5) is 25.1. The number of carbonyl (C=O) groups excluding carboxylic acids is 2. The normalized spacial score (nSPS) is 19.4. The summed E-state index contributed by atoms with van der Waals surface area (Å²) >= 11 is 0. The summed E-state index contributed by atoms with van der Waals surface area (Å²) in [6, 6.07) is -0.841. The first kappa shape index (κ1) is 69.1. The van der Waals surface area contributed by atoms with E-state index < -0.39 is 49.5 Å². The van der Waals surface area contributed by atoms with Crippen LogP contribution in [0.4, 0.5) is 0 Å². The van der Waals surface area contributed by atoms with Gasteiger partial charge in [0, 0.05) is 12.8 Å². The highest BCUT2D eigenvalue weighted by Gasteiger charge is 2.44. The molecule has 0 aromatic rings. The molecule has 428 valence electrons. The Morgan fingerprint density at radius 3 is 1.50 bits per heavy atom. The first-order valence-electron chi connectivity index (χ1n) is 30.2. The van der Waals surface area contributed by atoms with Crippen molar-refractivity contribution in [1.29, 1.82) is 0 Å². The van der Waals surface area contributed by atoms with Gasteiger partial charge < -0.3 is 45.1 Å². The van der Waals surface area contributed by atoms with Crippen molar-refractivity contribution in [2.24, 2.45) is 0 Å². The lowest BCUT2D eigenvalue weighted by atomic mass is 9.99. The standard InChI is InChI=1S/C63H111NO10/c1-3-5-7-9-11-13-14-15-16-21-25-28-31-35-39-43-47-51-59(68)72-52-48-44-40-36-32-29-26-23-20-18-17-19-22-24-27-30-34-38-42-46-50-58(67)64-55(56(66)49-45-41-37-33-12-10-8-6-4-2)54-73-63-62(71)61(70)60(69)57(53-65)74-63/h4,6,11-13,15-17,19,33,45,49,55-57,60-63,65-66,69-71H,3,5,7-10,14,18,20-32,34-44,46-48,50-54H2,1-2H3,(H,64,67)/b6-4+,13-11-,16-15-,19-17-,33-12+,49-45+. The van der Waals surface area contributed by atoms with Crippen LogP contribution in [0.2, 0.25) is 0 Å². The molecular formula is C63H111NO10. The number of aliphatic hydroxyl groups excluding tert-OH is 5. The number of aliphatic hydroxyl groups is 5. The van der Waals surface area contributed by atoms with Crippen molar-refractivity contribution in [1.82, 2.24) is 5.32 Å². The SMILES string of the molecule is C/C=C/CC/C=C/CC/C=C/C(O)C(COC1OC(CO)C(O)C(O)C1O)NC(=O)CCCCCCCCC/C=C\CCCCCCCCCCCOC(=O)CCCCCCCCC/C=C\C/C=C\CCCCC. The number of ether oxygens (including phenoxy) is 3. The number of allylic oxidation sites excluding steroid dienone is 11. The number of hydrogen-bond donors (Lipinski definition) is 6. The van der Waals surface area contributed by atoms with Crippen LogP contribution in [-0.2, 0) is 23.8 Å². The summed E-state index contributed by atoms with van der Waals surface area (Å²) in [5.41, 5.74) is 0. The fourth-order valence-corrected chi connectivity index (χ4v) is 9.03. The van der Waals surface area contributed by atoms with Crippen molar-refractivity contribution in [3.8, 4) is 0 Å². The molecule has 0 aromatic heterocycles. The van der Waals surface area contributed by atoms with Crippen molar-refractivity contribution < 1.29 is 49.3 Å². The third kappa shape index (κ3) is 41.3. The zero-order valence-electron chi connectivity index (χ0n) is 47.0. The average molecular weight is 1040 g/mol. The predicted molar refractivity (Wildman–Crippen MR) is 306 cm³/mol. The summed E-state index contributed by atoms with van der Waals surface area (Å²) in [6.45, 7) is 4.03. The van der Waals surface area contributed by atoms with Crippen LogP contribution in [0.3, 0.4) is 0 Å². The minimum atomic E-state index is -1.58. The Kier molecular flexibility index (Phi) is 48.7. The smallest absolute Gasteiger partial charge is 0.305 e. The maximum absolute atomic E-state index is 13.0. The number of amides is 1. The van der Waals surface area contributed by atoms with Gasteiger partial charge in [-0.1, -0.05) is 202 Å². The maximum atomic E-state index is 13.0. The molecule has 1 amide bonds. The summed E-state index contributed by atoms with van der Waals surface area (Å²) in [5.74, 6) is -0.228. The Labute approximate surface area is 451 Å². The highest BCUT2D eigenvalue weighted by Crippen LogP contribution is 2.23. The Hall–Kier alpha value is -2.90. The van der Waals surface area contributed by atoms with E-state index in [1.54, 1.807) is 6.08 Å². The lowest BCUT2D eigenvalue weighted by Crippen LogP contribution is -2.60. The van der Waals surface area contributed by atoms with Crippen LogP contribution in [0, 0.1) is 0 Å². The zero-order chi connectivity index (χ0) is 53.8. The first-order chi connectivity index (χ1) is 36.2. The van der Waals surface area contributed by atoms with E-state index >= 15 is 0 Å². The van der Waals surface area contributed by atoms with Gasteiger partial charge in [0.2, 0.25) is 5.91 Å². The number of carbonyl (C=O) groups is 2. The van der Waals surface area contributed by atoms with Crippen LogP contribution in [-0.4, -0.2) is 100 Å². The quantitative estimate of drug-likeness (QED) is 0.0195. The number of esters is 1. The van der Waals surface area contributed by atoms with Gasteiger partial charge in [0.25, 0.3) is 0 Å². The van der Waals surface area contributed by atoms with Crippen LogP contribution >= 0.6 is 0 Å². The number of unbranched alkanes of at least 4 members (excludes halogenated alkanes) is 28. The van der Waals surface area contributed by atoms with Gasteiger partial charge in [-0.2, -0.15) is 0 Å². The molecule has 0 aliphatic carbocycles. The van der Waals surface area contributed by atoms with Crippen LogP contribution < -0.4 is 5.32 Å². The molecule has 1 saturated heterocycles. The van der Waals surface area contributed by atoms with Crippen molar-refractivity contribution >= 4 is 11.9 Å². The molecule has 1 rings (SSSR count). The van der Waals surface area contributed by atoms with Gasteiger partial charge in [0.05, 0.1) is 32.0 Å². The first-order valence-corrected chi connectivity index (χ1v) is 30.2. The molecule has 7 unspecified atom stereocenters. The van der Waals surface area contributed by atoms with Crippen LogP contribution in [0.1, 0.15) is 251 Å². The minimum absolute atomic E-state index is 0.0176. The van der Waals surface area contributed by atoms with Crippen molar-refractivity contribution in [2.75, 3.05) is 19.8 Å². The predicted octanol–water partition coefficient (Wildman–Crippen LogP) is 14.0. The highest BCUT2D eigenvalue weighted by atomic mass is 16.7. The van der Waals surface area contributed by atoms with Crippen LogP contribution in [0.5, 0.6) is 0 Å². The van der Waals surface area contributed by atoms with E-state index in [4.69, 9.17) is 14.2 Å². The monoisotopic (exact) mass is 1040 g/mol. The molecule has 0 aromatic carbocycles. The molecule has 1 aliphatic rings. The van der Waals surface area contributed by atoms with Crippen LogP contribution in [0.15, 0.2) is 72.9 Å². The van der Waals surface area contributed by atoms with Crippen molar-refractivity contribution in [3.05, 3.63) is 72.9 Å². The molecule has 7 atom stereocenters. The van der Waals surface area contributed by atoms with Crippen molar-refractivity contribution in [2.45, 2.75) is 294 Å². The highest BCUT2D eigenvalue weighted by molar-refractivity contribution is 5.76. The van der Waals surface area contributed by atoms with E-state index in [0.29, 0.717) is 25.9 Å². The molecule has 1 aliphatic heterocycles. The van der Waals surface area contributed by atoms with E-state index in [1.807, 2.05) is 19.1 Å². The lowest BCUT2D eigenvalue weighted by molar-refractivity contribution is -0.302. The number of hydrogen-bond acceptors (Lipinski definition) is 10.